The number of hydrogen-bond donors (Lipinski definition) is 0. The summed E-state index contributed by atoms with van der Waals surface area (Å²) in [6.07, 6.45) is 4.39. The molecule has 96 valence electrons. The first-order valence-electron chi connectivity index (χ1n) is 6.18. The third kappa shape index (κ3) is 2.42. The van der Waals surface area contributed by atoms with E-state index in [1.54, 1.807) is 11.2 Å². The molecule has 0 aromatic carbocycles. The van der Waals surface area contributed by atoms with Gasteiger partial charge >= 0.3 is 0 Å². The van der Waals surface area contributed by atoms with Crippen LogP contribution in [0.4, 0.5) is 0 Å². The van der Waals surface area contributed by atoms with Crippen LogP contribution in [0.2, 0.25) is 0 Å². The molecule has 0 aliphatic carbocycles. The van der Waals surface area contributed by atoms with Crippen molar-refractivity contribution in [2.24, 2.45) is 10.5 Å². The van der Waals surface area contributed by atoms with Gasteiger partial charge in [-0.25, -0.2) is 5.01 Å². The van der Waals surface area contributed by atoms with E-state index in [1.807, 2.05) is 46.0 Å². The number of rotatable bonds is 1. The van der Waals surface area contributed by atoms with Crippen molar-refractivity contribution in [2.45, 2.75) is 40.2 Å². The van der Waals surface area contributed by atoms with Crippen molar-refractivity contribution < 1.29 is 4.79 Å². The average molecular weight is 245 g/mol. The van der Waals surface area contributed by atoms with Crippen LogP contribution < -0.4 is 0 Å². The molecular formula is C14H19N3O. The molecule has 1 unspecified atom stereocenters. The Hall–Kier alpha value is -1.71. The molecule has 2 heterocycles. The summed E-state index contributed by atoms with van der Waals surface area (Å²) >= 11 is 0. The maximum Gasteiger partial charge on any atom is 0.248 e. The lowest BCUT2D eigenvalue weighted by molar-refractivity contribution is -0.141. The highest BCUT2D eigenvalue weighted by Gasteiger charge is 2.34. The zero-order valence-electron chi connectivity index (χ0n) is 11.3. The van der Waals surface area contributed by atoms with E-state index in [0.717, 1.165) is 17.7 Å². The Balaban J connectivity index is 2.24. The van der Waals surface area contributed by atoms with Crippen LogP contribution in [0.5, 0.6) is 0 Å². The highest BCUT2D eigenvalue weighted by Crippen LogP contribution is 2.31. The minimum absolute atomic E-state index is 0.00942. The molecule has 4 heteroatoms. The molecule has 1 aromatic heterocycles. The van der Waals surface area contributed by atoms with Gasteiger partial charge in [0.1, 0.15) is 0 Å². The summed E-state index contributed by atoms with van der Waals surface area (Å²) in [7, 11) is 0. The zero-order chi connectivity index (χ0) is 13.3. The Morgan fingerprint density at radius 2 is 2.11 bits per heavy atom. The largest absolute Gasteiger partial charge is 0.272 e. The van der Waals surface area contributed by atoms with Gasteiger partial charge < -0.3 is 0 Å². The van der Waals surface area contributed by atoms with Gasteiger partial charge in [0.25, 0.3) is 0 Å². The van der Waals surface area contributed by atoms with E-state index in [2.05, 4.69) is 10.1 Å². The lowest BCUT2D eigenvalue weighted by atomic mass is 9.94. The maximum atomic E-state index is 12.3. The van der Waals surface area contributed by atoms with Gasteiger partial charge in [0.2, 0.25) is 5.91 Å². The third-order valence-corrected chi connectivity index (χ3v) is 3.00. The van der Waals surface area contributed by atoms with Crippen LogP contribution in [-0.2, 0) is 4.79 Å². The fourth-order valence-electron chi connectivity index (χ4n) is 1.91. The molecule has 2 rings (SSSR count). The van der Waals surface area contributed by atoms with Crippen LogP contribution in [0.3, 0.4) is 0 Å². The van der Waals surface area contributed by atoms with E-state index in [-0.39, 0.29) is 11.9 Å². The molecule has 0 saturated carbocycles. The first kappa shape index (κ1) is 12.7. The second-order valence-corrected chi connectivity index (χ2v) is 5.68. The number of carbonyl (C=O) groups is 1. The molecule has 1 aliphatic heterocycles. The van der Waals surface area contributed by atoms with Gasteiger partial charge in [0, 0.05) is 29.9 Å². The molecule has 18 heavy (non-hydrogen) atoms. The molecule has 0 fully saturated rings. The van der Waals surface area contributed by atoms with Crippen LogP contribution in [0, 0.1) is 12.3 Å². The Morgan fingerprint density at radius 3 is 2.67 bits per heavy atom. The first-order valence-corrected chi connectivity index (χ1v) is 6.18. The Kier molecular flexibility index (Phi) is 3.20. The van der Waals surface area contributed by atoms with Crippen molar-refractivity contribution in [1.29, 1.82) is 0 Å². The van der Waals surface area contributed by atoms with Gasteiger partial charge in [-0.2, -0.15) is 5.10 Å². The summed E-state index contributed by atoms with van der Waals surface area (Å²) < 4.78 is 0. The molecule has 0 bridgehead atoms. The number of aromatic nitrogens is 1. The van der Waals surface area contributed by atoms with Crippen molar-refractivity contribution in [3.8, 4) is 0 Å². The molecule has 4 nitrogen and oxygen atoms in total. The Bertz CT molecular complexity index is 471. The Morgan fingerprint density at radius 1 is 1.39 bits per heavy atom. The summed E-state index contributed by atoms with van der Waals surface area (Å²) in [6, 6.07) is 3.97. The molecular weight excluding hydrogens is 226 g/mol. The maximum absolute atomic E-state index is 12.3. The smallest absolute Gasteiger partial charge is 0.248 e. The summed E-state index contributed by atoms with van der Waals surface area (Å²) in [5, 5.41) is 5.80. The van der Waals surface area contributed by atoms with Crippen LogP contribution in [0.1, 0.15) is 44.5 Å². The number of nitrogens with zero attached hydrogens (tertiary/aromatic N) is 3. The molecule has 1 atom stereocenters. The van der Waals surface area contributed by atoms with Gasteiger partial charge in [0.05, 0.1) is 6.04 Å². The topological polar surface area (TPSA) is 45.6 Å². The average Bonchev–Trinajstić information content (AvgIpc) is 2.76. The number of carbonyl (C=O) groups excluding carboxylic acids is 1. The van der Waals surface area contributed by atoms with Crippen molar-refractivity contribution in [1.82, 2.24) is 9.99 Å². The lowest BCUT2D eigenvalue weighted by Crippen LogP contribution is -2.36. The van der Waals surface area contributed by atoms with Crippen LogP contribution in [0.15, 0.2) is 23.4 Å². The highest BCUT2D eigenvalue weighted by atomic mass is 16.2. The normalized spacial score (nSPS) is 19.3. The summed E-state index contributed by atoms with van der Waals surface area (Å²) in [5.41, 5.74) is 1.60. The molecule has 1 amide bonds. The van der Waals surface area contributed by atoms with Gasteiger partial charge in [-0.3, -0.25) is 9.78 Å². The zero-order valence-corrected chi connectivity index (χ0v) is 11.3. The van der Waals surface area contributed by atoms with Gasteiger partial charge in [0.15, 0.2) is 0 Å². The number of hydrazone groups is 1. The van der Waals surface area contributed by atoms with Crippen molar-refractivity contribution in [3.63, 3.8) is 0 Å². The molecule has 0 N–H and O–H groups in total. The van der Waals surface area contributed by atoms with Crippen molar-refractivity contribution >= 4 is 12.1 Å². The highest BCUT2D eigenvalue weighted by molar-refractivity contribution is 5.84. The number of pyridine rings is 1. The fourth-order valence-corrected chi connectivity index (χ4v) is 1.91. The minimum atomic E-state index is -0.419. The predicted octanol–water partition coefficient (Wildman–Crippen LogP) is 2.70. The summed E-state index contributed by atoms with van der Waals surface area (Å²) in [6.45, 7) is 7.68. The predicted molar refractivity (Wildman–Crippen MR) is 71.1 cm³/mol. The molecule has 1 aliphatic rings. The van der Waals surface area contributed by atoms with E-state index in [0.29, 0.717) is 0 Å². The molecule has 1 aromatic rings. The molecule has 0 spiro atoms. The fraction of sp³-hybridized carbons (Fsp3) is 0.500. The van der Waals surface area contributed by atoms with Crippen molar-refractivity contribution in [2.75, 3.05) is 0 Å². The number of aryl methyl sites for hydroxylation is 1. The van der Waals surface area contributed by atoms with E-state index in [4.69, 9.17) is 0 Å². The van der Waals surface area contributed by atoms with E-state index in [9.17, 15) is 4.79 Å². The summed E-state index contributed by atoms with van der Waals surface area (Å²) in [5.74, 6) is 0.0434. The number of hydrogen-bond acceptors (Lipinski definition) is 3. The van der Waals surface area contributed by atoms with E-state index in [1.165, 1.54) is 0 Å². The first-order chi connectivity index (χ1) is 8.39. The van der Waals surface area contributed by atoms with Crippen molar-refractivity contribution in [3.05, 3.63) is 29.6 Å². The molecule has 0 saturated heterocycles. The van der Waals surface area contributed by atoms with Crippen LogP contribution in [0.25, 0.3) is 0 Å². The Labute approximate surface area is 108 Å². The lowest BCUT2D eigenvalue weighted by Gasteiger charge is -2.28. The second-order valence-electron chi connectivity index (χ2n) is 5.68. The summed E-state index contributed by atoms with van der Waals surface area (Å²) in [4.78, 5) is 16.6. The van der Waals surface area contributed by atoms with E-state index < -0.39 is 5.41 Å². The van der Waals surface area contributed by atoms with Gasteiger partial charge in [-0.1, -0.05) is 26.8 Å². The minimum Gasteiger partial charge on any atom is -0.272 e. The standard InChI is InChI=1S/C14H19N3O/c1-10-5-6-11(9-15-10)12-7-8-16-17(12)13(18)14(2,3)4/h5-6,8-9,12H,7H2,1-4H3. The van der Waals surface area contributed by atoms with Crippen LogP contribution in [-0.4, -0.2) is 22.1 Å². The van der Waals surface area contributed by atoms with E-state index >= 15 is 0 Å². The quantitative estimate of drug-likeness (QED) is 0.763. The van der Waals surface area contributed by atoms with Gasteiger partial charge in [-0.15, -0.1) is 0 Å². The van der Waals surface area contributed by atoms with Gasteiger partial charge in [-0.05, 0) is 18.6 Å². The monoisotopic (exact) mass is 245 g/mol. The van der Waals surface area contributed by atoms with Crippen LogP contribution >= 0.6 is 0 Å². The molecule has 0 radical (unpaired) electrons. The third-order valence-electron chi connectivity index (χ3n) is 3.00. The second kappa shape index (κ2) is 4.52. The SMILES string of the molecule is Cc1ccc(C2CC=NN2C(=O)C(C)(C)C)cn1. The number of amides is 1.